The summed E-state index contributed by atoms with van der Waals surface area (Å²) in [6.45, 7) is 1.49. The summed E-state index contributed by atoms with van der Waals surface area (Å²) in [5.41, 5.74) is 6.51. The predicted molar refractivity (Wildman–Crippen MR) is 25.7 cm³/mol. The van der Waals surface area contributed by atoms with E-state index in [1.54, 1.807) is 0 Å². The number of rotatable bonds is 1. The number of hydrogen-bond donors (Lipinski definition) is 0. The van der Waals surface area contributed by atoms with Crippen LogP contribution >= 0.6 is 0 Å². The van der Waals surface area contributed by atoms with Crippen molar-refractivity contribution >= 4 is 5.78 Å². The Labute approximate surface area is 42.7 Å². The van der Waals surface area contributed by atoms with Crippen LogP contribution in [0, 0.1) is 0 Å². The van der Waals surface area contributed by atoms with Crippen LogP contribution in [0.3, 0.4) is 0 Å². The zero-order valence-electron chi connectivity index (χ0n) is 4.32. The maximum Gasteiger partial charge on any atom is 0.151 e. The Morgan fingerprint density at radius 2 is 2.14 bits per heavy atom. The van der Waals surface area contributed by atoms with Gasteiger partial charge in [0.2, 0.25) is 0 Å². The maximum absolute atomic E-state index is 10.3. The van der Waals surface area contributed by atoms with Gasteiger partial charge in [0, 0.05) is 0 Å². The lowest BCUT2D eigenvalue weighted by atomic mass is 10.2. The van der Waals surface area contributed by atoms with Gasteiger partial charge in [-0.2, -0.15) is 0 Å². The van der Waals surface area contributed by atoms with Gasteiger partial charge < -0.3 is 0 Å². The van der Waals surface area contributed by atoms with Crippen LogP contribution in [0.15, 0.2) is 0 Å². The monoisotopic (exact) mass is 98.1 g/mol. The zero-order valence-corrected chi connectivity index (χ0v) is 4.32. The number of carbonyl (C=O) groups excluding carboxylic acids is 1. The van der Waals surface area contributed by atoms with Crippen LogP contribution in [-0.4, -0.2) is 11.3 Å². The van der Waals surface area contributed by atoms with Gasteiger partial charge in [0.1, 0.15) is 0 Å². The minimum absolute atomic E-state index is 0.0208. The van der Waals surface area contributed by atoms with E-state index in [1.165, 1.54) is 6.92 Å². The van der Waals surface area contributed by atoms with E-state index in [0.29, 0.717) is 0 Å². The molecule has 2 nitrogen and oxygen atoms in total. The fourth-order valence-electron chi connectivity index (χ4n) is 0.477. The highest BCUT2D eigenvalue weighted by Crippen LogP contribution is 2.34. The lowest BCUT2D eigenvalue weighted by molar-refractivity contribution is -0.119. The summed E-state index contributed by atoms with van der Waals surface area (Å²) in [5.74, 6) is 0.0208. The Morgan fingerprint density at radius 3 is 2.14 bits per heavy atom. The first-order valence-corrected chi connectivity index (χ1v) is 2.41. The average Bonchev–Trinajstić information content (AvgIpc) is 2.21. The van der Waals surface area contributed by atoms with E-state index < -0.39 is 5.54 Å². The van der Waals surface area contributed by atoms with Gasteiger partial charge in [0.05, 0.1) is 5.54 Å². The second-order valence-electron chi connectivity index (χ2n) is 2.14. The summed E-state index contributed by atoms with van der Waals surface area (Å²) in [6, 6.07) is 0. The molecular weight excluding hydrogens is 90.1 g/mol. The van der Waals surface area contributed by atoms with Crippen molar-refractivity contribution in [3.63, 3.8) is 0 Å². The van der Waals surface area contributed by atoms with Crippen LogP contribution in [0.25, 0.3) is 0 Å². The molecule has 0 aromatic rings. The van der Waals surface area contributed by atoms with Gasteiger partial charge in [-0.1, -0.05) is 0 Å². The standard InChI is InChI=1S/C5H8NO/c1-4(7)5(6)2-3-5/h6H,2-3H2,1H3. The molecule has 0 heterocycles. The number of carbonyl (C=O) groups is 1. The molecule has 1 radical (unpaired) electrons. The van der Waals surface area contributed by atoms with Crippen molar-refractivity contribution in [2.75, 3.05) is 0 Å². The van der Waals surface area contributed by atoms with Gasteiger partial charge in [0.25, 0.3) is 0 Å². The number of nitrogens with one attached hydrogen (secondary N) is 1. The highest BCUT2D eigenvalue weighted by molar-refractivity contribution is 5.88. The molecule has 0 saturated heterocycles. The van der Waals surface area contributed by atoms with Crippen molar-refractivity contribution < 1.29 is 4.79 Å². The molecule has 0 aromatic heterocycles. The second kappa shape index (κ2) is 1.07. The van der Waals surface area contributed by atoms with E-state index in [1.807, 2.05) is 0 Å². The third-order valence-corrected chi connectivity index (χ3v) is 1.42. The van der Waals surface area contributed by atoms with Crippen molar-refractivity contribution in [1.82, 2.24) is 5.73 Å². The fourth-order valence-corrected chi connectivity index (χ4v) is 0.477. The summed E-state index contributed by atoms with van der Waals surface area (Å²) in [4.78, 5) is 10.3. The molecule has 7 heavy (non-hydrogen) atoms. The van der Waals surface area contributed by atoms with Gasteiger partial charge in [-0.3, -0.25) is 4.79 Å². The summed E-state index contributed by atoms with van der Waals surface area (Å²) in [6.07, 6.45) is 1.56. The van der Waals surface area contributed by atoms with Crippen LogP contribution in [0.5, 0.6) is 0 Å². The van der Waals surface area contributed by atoms with Gasteiger partial charge in [-0.25, -0.2) is 5.73 Å². The topological polar surface area (TPSA) is 40.9 Å². The first-order chi connectivity index (χ1) is 3.15. The molecule has 39 valence electrons. The first kappa shape index (κ1) is 4.78. The average molecular weight is 98.1 g/mol. The van der Waals surface area contributed by atoms with Crippen molar-refractivity contribution in [3.8, 4) is 0 Å². The molecule has 1 aliphatic rings. The molecule has 0 spiro atoms. The van der Waals surface area contributed by atoms with Crippen molar-refractivity contribution in [1.29, 1.82) is 0 Å². The summed E-state index contributed by atoms with van der Waals surface area (Å²) in [5, 5.41) is 0. The first-order valence-electron chi connectivity index (χ1n) is 2.41. The van der Waals surface area contributed by atoms with E-state index in [-0.39, 0.29) is 5.78 Å². The van der Waals surface area contributed by atoms with E-state index in [4.69, 9.17) is 5.73 Å². The molecule has 0 aliphatic heterocycles. The molecule has 0 amide bonds. The molecule has 1 aliphatic carbocycles. The van der Waals surface area contributed by atoms with Crippen LogP contribution in [0.2, 0.25) is 0 Å². The largest absolute Gasteiger partial charge is 0.298 e. The summed E-state index contributed by atoms with van der Waals surface area (Å²) < 4.78 is 0. The van der Waals surface area contributed by atoms with E-state index in [9.17, 15) is 4.79 Å². The summed E-state index contributed by atoms with van der Waals surface area (Å²) >= 11 is 0. The van der Waals surface area contributed by atoms with Crippen molar-refractivity contribution in [2.24, 2.45) is 0 Å². The van der Waals surface area contributed by atoms with Gasteiger partial charge in [-0.05, 0) is 19.8 Å². The second-order valence-corrected chi connectivity index (χ2v) is 2.14. The molecule has 2 heteroatoms. The Hall–Kier alpha value is -0.370. The lowest BCUT2D eigenvalue weighted by Crippen LogP contribution is -2.19. The normalized spacial score (nSPS) is 24.3. The van der Waals surface area contributed by atoms with E-state index in [0.717, 1.165) is 12.8 Å². The predicted octanol–water partition coefficient (Wildman–Crippen LogP) is 0.391. The van der Waals surface area contributed by atoms with Crippen molar-refractivity contribution in [2.45, 2.75) is 25.3 Å². The van der Waals surface area contributed by atoms with Crippen LogP contribution in [0.1, 0.15) is 19.8 Å². The third kappa shape index (κ3) is 0.657. The van der Waals surface area contributed by atoms with E-state index in [2.05, 4.69) is 0 Å². The lowest BCUT2D eigenvalue weighted by Gasteiger charge is -1.95. The quantitative estimate of drug-likeness (QED) is 0.467. The minimum atomic E-state index is -0.639. The maximum atomic E-state index is 10.3. The molecule has 1 rings (SSSR count). The molecule has 1 N–H and O–H groups in total. The highest BCUT2D eigenvalue weighted by Gasteiger charge is 2.43. The Morgan fingerprint density at radius 1 is 1.71 bits per heavy atom. The smallest absolute Gasteiger partial charge is 0.151 e. The minimum Gasteiger partial charge on any atom is -0.298 e. The highest BCUT2D eigenvalue weighted by atomic mass is 16.1. The fraction of sp³-hybridized carbons (Fsp3) is 0.800. The Kier molecular flexibility index (Phi) is 0.729. The van der Waals surface area contributed by atoms with Gasteiger partial charge in [-0.15, -0.1) is 0 Å². The summed E-state index contributed by atoms with van der Waals surface area (Å²) in [7, 11) is 0. The molecular formula is C5H8NO. The Bertz CT molecular complexity index is 105. The van der Waals surface area contributed by atoms with E-state index >= 15 is 0 Å². The SMILES string of the molecule is CC(=O)C1([NH])CC1. The molecule has 0 atom stereocenters. The molecule has 1 saturated carbocycles. The molecule has 0 aromatic carbocycles. The van der Waals surface area contributed by atoms with Gasteiger partial charge in [0.15, 0.2) is 5.78 Å². The Balaban J connectivity index is 2.55. The molecule has 0 bridgehead atoms. The molecule has 1 fully saturated rings. The van der Waals surface area contributed by atoms with Crippen LogP contribution in [-0.2, 0) is 4.79 Å². The number of ketones is 1. The van der Waals surface area contributed by atoms with Crippen LogP contribution < -0.4 is 5.73 Å². The van der Waals surface area contributed by atoms with Crippen LogP contribution in [0.4, 0.5) is 0 Å². The third-order valence-electron chi connectivity index (χ3n) is 1.42. The number of hydrogen-bond acceptors (Lipinski definition) is 1. The van der Waals surface area contributed by atoms with Gasteiger partial charge >= 0.3 is 0 Å². The number of Topliss-reactive ketones (excluding diaryl/α,β-unsaturated/α-hetero) is 1. The zero-order chi connectivity index (χ0) is 5.49. The van der Waals surface area contributed by atoms with Crippen molar-refractivity contribution in [3.05, 3.63) is 0 Å². The molecule has 0 unspecified atom stereocenters.